The average molecular weight is 196 g/mol. The minimum Gasteiger partial charge on any atom is -0.466 e. The lowest BCUT2D eigenvalue weighted by molar-refractivity contribution is 0.0129. The number of ether oxygens (including phenoxy) is 2. The first kappa shape index (κ1) is 12.7. The highest BCUT2D eigenvalue weighted by molar-refractivity contribution is 5.76. The highest BCUT2D eigenvalue weighted by atomic mass is 16.7. The van der Waals surface area contributed by atoms with E-state index in [1.807, 2.05) is 19.1 Å². The van der Waals surface area contributed by atoms with Gasteiger partial charge in [0.25, 0.3) is 0 Å². The zero-order valence-electron chi connectivity index (χ0n) is 8.86. The molecule has 0 rings (SSSR count). The summed E-state index contributed by atoms with van der Waals surface area (Å²) in [5, 5.41) is 8.50. The Hall–Kier alpha value is -1.34. The molecule has 4 nitrogen and oxygen atoms in total. The van der Waals surface area contributed by atoms with Crippen molar-refractivity contribution in [3.05, 3.63) is 11.8 Å². The lowest BCUT2D eigenvalue weighted by atomic mass is 10.3. The van der Waals surface area contributed by atoms with Gasteiger partial charge < -0.3 is 9.47 Å². The molecule has 1 unspecified atom stereocenters. The van der Waals surface area contributed by atoms with Gasteiger partial charge in [0, 0.05) is 7.11 Å². The molecule has 0 saturated heterocycles. The zero-order valence-corrected chi connectivity index (χ0v) is 8.86. The van der Waals surface area contributed by atoms with Crippen molar-refractivity contribution in [1.82, 2.24) is 0 Å². The van der Waals surface area contributed by atoms with Gasteiger partial charge in [-0.3, -0.25) is 4.99 Å². The molecule has 0 amide bonds. The van der Waals surface area contributed by atoms with E-state index in [1.165, 1.54) is 0 Å². The van der Waals surface area contributed by atoms with Crippen LogP contribution >= 0.6 is 0 Å². The molecule has 0 aromatic rings. The van der Waals surface area contributed by atoms with E-state index in [2.05, 4.69) is 4.99 Å². The highest BCUT2D eigenvalue weighted by Crippen LogP contribution is 1.98. The van der Waals surface area contributed by atoms with Gasteiger partial charge >= 0.3 is 0 Å². The first-order valence-electron chi connectivity index (χ1n) is 4.49. The number of rotatable bonds is 6. The first-order chi connectivity index (χ1) is 6.74. The predicted molar refractivity (Wildman–Crippen MR) is 54.9 cm³/mol. The van der Waals surface area contributed by atoms with Gasteiger partial charge in [-0.25, -0.2) is 0 Å². The quantitative estimate of drug-likeness (QED) is 0.370. The van der Waals surface area contributed by atoms with Crippen molar-refractivity contribution in [3.8, 4) is 6.07 Å². The second-order valence-electron chi connectivity index (χ2n) is 2.65. The van der Waals surface area contributed by atoms with Gasteiger partial charge in [-0.05, 0) is 19.4 Å². The number of nitriles is 1. The van der Waals surface area contributed by atoms with Crippen LogP contribution in [0.1, 0.15) is 20.3 Å². The molecule has 0 spiro atoms. The molecule has 0 heterocycles. The van der Waals surface area contributed by atoms with E-state index >= 15 is 0 Å². The van der Waals surface area contributed by atoms with Crippen molar-refractivity contribution < 1.29 is 9.47 Å². The molecular formula is C10H16N2O2. The zero-order chi connectivity index (χ0) is 10.8. The summed E-state index contributed by atoms with van der Waals surface area (Å²) in [6.45, 7) is 3.91. The van der Waals surface area contributed by atoms with Crippen LogP contribution in [0.15, 0.2) is 16.8 Å². The minimum absolute atomic E-state index is 0.193. The number of hydrogen-bond acceptors (Lipinski definition) is 4. The van der Waals surface area contributed by atoms with Crippen LogP contribution in [-0.4, -0.2) is 26.2 Å². The average Bonchev–Trinajstić information content (AvgIpc) is 2.21. The summed E-state index contributed by atoms with van der Waals surface area (Å²) >= 11 is 0. The topological polar surface area (TPSA) is 54.6 Å². The van der Waals surface area contributed by atoms with Crippen LogP contribution in [0.4, 0.5) is 0 Å². The van der Waals surface area contributed by atoms with Crippen LogP contribution in [0.2, 0.25) is 0 Å². The molecule has 0 aliphatic carbocycles. The smallest absolute Gasteiger partial charge is 0.188 e. The third kappa shape index (κ3) is 6.21. The van der Waals surface area contributed by atoms with E-state index in [9.17, 15) is 0 Å². The molecule has 0 aliphatic rings. The Morgan fingerprint density at radius 1 is 1.64 bits per heavy atom. The highest BCUT2D eigenvalue weighted by Gasteiger charge is 1.95. The molecule has 0 saturated carbocycles. The molecule has 0 aliphatic heterocycles. The van der Waals surface area contributed by atoms with E-state index in [1.54, 1.807) is 20.2 Å². The fraction of sp³-hybridized carbons (Fsp3) is 0.600. The third-order valence-electron chi connectivity index (χ3n) is 1.36. The Morgan fingerprint density at radius 3 is 2.86 bits per heavy atom. The predicted octanol–water partition coefficient (Wildman–Crippen LogP) is 1.88. The van der Waals surface area contributed by atoms with Crippen molar-refractivity contribution in [2.45, 2.75) is 26.3 Å². The van der Waals surface area contributed by atoms with E-state index in [0.717, 1.165) is 6.42 Å². The molecule has 14 heavy (non-hydrogen) atoms. The molecule has 0 aromatic carbocycles. The third-order valence-corrected chi connectivity index (χ3v) is 1.36. The van der Waals surface area contributed by atoms with Crippen LogP contribution in [0.3, 0.4) is 0 Å². The van der Waals surface area contributed by atoms with Crippen molar-refractivity contribution >= 4 is 6.21 Å². The van der Waals surface area contributed by atoms with Gasteiger partial charge in [-0.1, -0.05) is 6.92 Å². The summed E-state index contributed by atoms with van der Waals surface area (Å²) in [7, 11) is 1.55. The van der Waals surface area contributed by atoms with E-state index in [4.69, 9.17) is 14.7 Å². The maximum atomic E-state index is 8.50. The van der Waals surface area contributed by atoms with E-state index in [-0.39, 0.29) is 12.8 Å². The molecule has 1 atom stereocenters. The number of nitrogens with zero attached hydrogens (tertiary/aromatic N) is 2. The fourth-order valence-corrected chi connectivity index (χ4v) is 0.696. The largest absolute Gasteiger partial charge is 0.466 e. The molecule has 78 valence electrons. The molecule has 4 heteroatoms. The van der Waals surface area contributed by atoms with Crippen LogP contribution in [-0.2, 0) is 9.47 Å². The maximum absolute atomic E-state index is 8.50. The van der Waals surface area contributed by atoms with Crippen LogP contribution < -0.4 is 0 Å². The van der Waals surface area contributed by atoms with Gasteiger partial charge in [-0.2, -0.15) is 5.26 Å². The summed E-state index contributed by atoms with van der Waals surface area (Å²) < 4.78 is 9.97. The Morgan fingerprint density at radius 2 is 2.36 bits per heavy atom. The molecule has 0 radical (unpaired) electrons. The van der Waals surface area contributed by atoms with Gasteiger partial charge in [0.2, 0.25) is 0 Å². The summed E-state index contributed by atoms with van der Waals surface area (Å²) in [5.41, 5.74) is 0. The number of aliphatic imine (C=N–C) groups is 1. The summed E-state index contributed by atoms with van der Waals surface area (Å²) in [5.74, 6) is 0.636. The van der Waals surface area contributed by atoms with Crippen LogP contribution in [0, 0.1) is 11.3 Å². The standard InChI is InChI=1S/C10H16N2O2/c1-4-5-10(14-8-13-3)7-12-9(2)6-11/h5,7,9H,4,8H2,1-3H3/b10-5+,12-7-. The van der Waals surface area contributed by atoms with Crippen LogP contribution in [0.5, 0.6) is 0 Å². The van der Waals surface area contributed by atoms with E-state index in [0.29, 0.717) is 5.76 Å². The SMILES string of the molecule is CC/C=C(\C=N/C(C)C#N)OCOC. The van der Waals surface area contributed by atoms with Crippen molar-refractivity contribution in [2.75, 3.05) is 13.9 Å². The fourth-order valence-electron chi connectivity index (χ4n) is 0.696. The first-order valence-corrected chi connectivity index (χ1v) is 4.49. The normalized spacial score (nSPS) is 14.0. The molecular weight excluding hydrogens is 180 g/mol. The van der Waals surface area contributed by atoms with Crippen molar-refractivity contribution in [2.24, 2.45) is 4.99 Å². The van der Waals surface area contributed by atoms with Crippen LogP contribution in [0.25, 0.3) is 0 Å². The molecule has 0 aromatic heterocycles. The van der Waals surface area contributed by atoms with Crippen molar-refractivity contribution in [3.63, 3.8) is 0 Å². The summed E-state index contributed by atoms with van der Waals surface area (Å²) in [6.07, 6.45) is 4.29. The Labute approximate surface area is 84.8 Å². The van der Waals surface area contributed by atoms with Gasteiger partial charge in [0.15, 0.2) is 6.79 Å². The maximum Gasteiger partial charge on any atom is 0.188 e. The Bertz CT molecular complexity index is 241. The monoisotopic (exact) mass is 196 g/mol. The second-order valence-corrected chi connectivity index (χ2v) is 2.65. The Balaban J connectivity index is 4.17. The second kappa shape index (κ2) is 8.27. The number of hydrogen-bond donors (Lipinski definition) is 0. The van der Waals surface area contributed by atoms with Crippen molar-refractivity contribution in [1.29, 1.82) is 5.26 Å². The van der Waals surface area contributed by atoms with Gasteiger partial charge in [-0.15, -0.1) is 0 Å². The molecule has 0 bridgehead atoms. The minimum atomic E-state index is -0.346. The summed E-state index contributed by atoms with van der Waals surface area (Å²) in [6, 6.07) is 1.66. The lowest BCUT2D eigenvalue weighted by Gasteiger charge is -2.04. The molecule has 0 fully saturated rings. The van der Waals surface area contributed by atoms with E-state index < -0.39 is 0 Å². The van der Waals surface area contributed by atoms with Gasteiger partial charge in [0.05, 0.1) is 12.3 Å². The number of allylic oxidation sites excluding steroid dienone is 2. The summed E-state index contributed by atoms with van der Waals surface area (Å²) in [4.78, 5) is 3.98. The number of methoxy groups -OCH3 is 1. The lowest BCUT2D eigenvalue weighted by Crippen LogP contribution is -2.00. The molecule has 0 N–H and O–H groups in total. The Kier molecular flexibility index (Phi) is 7.48. The van der Waals surface area contributed by atoms with Gasteiger partial charge in [0.1, 0.15) is 11.8 Å².